The molecule has 0 amide bonds. The molecule has 27 heavy (non-hydrogen) atoms. The van der Waals surface area contributed by atoms with Crippen LogP contribution in [0.2, 0.25) is 0 Å². The predicted molar refractivity (Wildman–Crippen MR) is 106 cm³/mol. The molecule has 0 atom stereocenters. The molecule has 0 spiro atoms. The summed E-state index contributed by atoms with van der Waals surface area (Å²) in [7, 11) is -3.62. The number of aryl methyl sites for hydroxylation is 2. The van der Waals surface area contributed by atoms with Gasteiger partial charge in [-0.1, -0.05) is 18.2 Å². The summed E-state index contributed by atoms with van der Waals surface area (Å²) >= 11 is 0. The molecular formula is C20H20N4O2S. The van der Waals surface area contributed by atoms with Crippen molar-refractivity contribution in [3.05, 3.63) is 66.6 Å². The molecule has 6 nitrogen and oxygen atoms in total. The SMILES string of the molecule is Cc1ccc2cccc(S(=O)(=O)NCCCn3ccc4cccnc43)c2n1. The zero-order chi connectivity index (χ0) is 18.9. The van der Waals surface area contributed by atoms with E-state index in [1.165, 1.54) is 0 Å². The summed E-state index contributed by atoms with van der Waals surface area (Å²) < 4.78 is 30.3. The summed E-state index contributed by atoms with van der Waals surface area (Å²) in [6.07, 6.45) is 4.40. The van der Waals surface area contributed by atoms with Gasteiger partial charge < -0.3 is 4.57 Å². The highest BCUT2D eigenvalue weighted by Gasteiger charge is 2.17. The van der Waals surface area contributed by atoms with E-state index in [1.807, 2.05) is 54.1 Å². The summed E-state index contributed by atoms with van der Waals surface area (Å²) in [4.78, 5) is 9.01. The van der Waals surface area contributed by atoms with Crippen molar-refractivity contribution >= 4 is 32.0 Å². The largest absolute Gasteiger partial charge is 0.332 e. The molecule has 4 aromatic rings. The van der Waals surface area contributed by atoms with Crippen LogP contribution in [0.15, 0.2) is 65.8 Å². The molecule has 1 N–H and O–H groups in total. The van der Waals surface area contributed by atoms with E-state index in [4.69, 9.17) is 0 Å². The molecule has 3 aromatic heterocycles. The van der Waals surface area contributed by atoms with Gasteiger partial charge in [-0.25, -0.2) is 18.1 Å². The summed E-state index contributed by atoms with van der Waals surface area (Å²) in [6.45, 7) is 2.89. The number of hydrogen-bond acceptors (Lipinski definition) is 4. The van der Waals surface area contributed by atoms with Crippen molar-refractivity contribution in [2.24, 2.45) is 0 Å². The fourth-order valence-electron chi connectivity index (χ4n) is 3.17. The first-order chi connectivity index (χ1) is 13.0. The lowest BCUT2D eigenvalue weighted by molar-refractivity contribution is 0.572. The smallest absolute Gasteiger partial charge is 0.242 e. The minimum absolute atomic E-state index is 0.219. The van der Waals surface area contributed by atoms with Crippen molar-refractivity contribution in [3.8, 4) is 0 Å². The van der Waals surface area contributed by atoms with E-state index >= 15 is 0 Å². The van der Waals surface area contributed by atoms with Crippen molar-refractivity contribution in [2.45, 2.75) is 24.8 Å². The van der Waals surface area contributed by atoms with Crippen LogP contribution in [0.3, 0.4) is 0 Å². The summed E-state index contributed by atoms with van der Waals surface area (Å²) in [5, 5.41) is 1.89. The highest BCUT2D eigenvalue weighted by Crippen LogP contribution is 2.21. The Morgan fingerprint density at radius 2 is 1.89 bits per heavy atom. The molecule has 0 aliphatic carbocycles. The van der Waals surface area contributed by atoms with Crippen LogP contribution in [0.25, 0.3) is 21.9 Å². The molecule has 0 radical (unpaired) electrons. The van der Waals surface area contributed by atoms with Crippen LogP contribution in [-0.2, 0) is 16.6 Å². The maximum atomic E-state index is 12.8. The van der Waals surface area contributed by atoms with E-state index in [0.717, 1.165) is 22.1 Å². The number of nitrogens with one attached hydrogen (secondary N) is 1. The summed E-state index contributed by atoms with van der Waals surface area (Å²) in [6, 6.07) is 14.9. The maximum Gasteiger partial charge on any atom is 0.242 e. The Kier molecular flexibility index (Phi) is 4.63. The number of pyridine rings is 2. The van der Waals surface area contributed by atoms with Crippen molar-refractivity contribution in [1.82, 2.24) is 19.3 Å². The third-order valence-corrected chi connectivity index (χ3v) is 6.00. The van der Waals surface area contributed by atoms with Crippen molar-refractivity contribution in [1.29, 1.82) is 0 Å². The van der Waals surface area contributed by atoms with E-state index < -0.39 is 10.0 Å². The van der Waals surface area contributed by atoms with E-state index in [1.54, 1.807) is 18.3 Å². The number of nitrogens with zero attached hydrogens (tertiary/aromatic N) is 3. The van der Waals surface area contributed by atoms with Crippen molar-refractivity contribution in [3.63, 3.8) is 0 Å². The van der Waals surface area contributed by atoms with Gasteiger partial charge in [-0.15, -0.1) is 0 Å². The Balaban J connectivity index is 1.47. The number of aromatic nitrogens is 3. The maximum absolute atomic E-state index is 12.8. The normalized spacial score (nSPS) is 12.0. The van der Waals surface area contributed by atoms with Crippen LogP contribution in [0.4, 0.5) is 0 Å². The van der Waals surface area contributed by atoms with Gasteiger partial charge in [0.15, 0.2) is 0 Å². The van der Waals surface area contributed by atoms with Crippen LogP contribution < -0.4 is 4.72 Å². The molecule has 0 saturated carbocycles. The quantitative estimate of drug-likeness (QED) is 0.521. The molecule has 0 bridgehead atoms. The monoisotopic (exact) mass is 380 g/mol. The number of benzene rings is 1. The second-order valence-corrected chi connectivity index (χ2v) is 8.19. The van der Waals surface area contributed by atoms with Crippen LogP contribution in [0.1, 0.15) is 12.1 Å². The van der Waals surface area contributed by atoms with Gasteiger partial charge in [-0.3, -0.25) is 4.98 Å². The molecule has 138 valence electrons. The first-order valence-electron chi connectivity index (χ1n) is 8.80. The second-order valence-electron chi connectivity index (χ2n) is 6.46. The van der Waals surface area contributed by atoms with Crippen LogP contribution in [-0.4, -0.2) is 29.5 Å². The van der Waals surface area contributed by atoms with Crippen LogP contribution >= 0.6 is 0 Å². The zero-order valence-corrected chi connectivity index (χ0v) is 15.8. The van der Waals surface area contributed by atoms with E-state index in [-0.39, 0.29) is 4.90 Å². The van der Waals surface area contributed by atoms with Gasteiger partial charge in [-0.05, 0) is 43.7 Å². The van der Waals surface area contributed by atoms with Gasteiger partial charge in [0.1, 0.15) is 10.5 Å². The number of para-hydroxylation sites is 1. The van der Waals surface area contributed by atoms with Gasteiger partial charge in [0.2, 0.25) is 10.0 Å². The average molecular weight is 380 g/mol. The van der Waals surface area contributed by atoms with Gasteiger partial charge in [0.25, 0.3) is 0 Å². The van der Waals surface area contributed by atoms with Crippen molar-refractivity contribution in [2.75, 3.05) is 6.54 Å². The molecule has 1 aromatic carbocycles. The lowest BCUT2D eigenvalue weighted by atomic mass is 10.2. The minimum atomic E-state index is -3.62. The van der Waals surface area contributed by atoms with Gasteiger partial charge in [0, 0.05) is 41.9 Å². The highest BCUT2D eigenvalue weighted by atomic mass is 32.2. The van der Waals surface area contributed by atoms with Gasteiger partial charge >= 0.3 is 0 Å². The topological polar surface area (TPSA) is 76.9 Å². The van der Waals surface area contributed by atoms with Gasteiger partial charge in [-0.2, -0.15) is 0 Å². The molecule has 0 aliphatic rings. The third kappa shape index (κ3) is 3.56. The fourth-order valence-corrected chi connectivity index (χ4v) is 4.41. The van der Waals surface area contributed by atoms with E-state index in [0.29, 0.717) is 25.0 Å². The standard InChI is InChI=1S/C20H20N4O2S/c1-15-8-9-16-5-2-7-18(19(16)23-15)27(25,26)22-12-4-13-24-14-10-17-6-3-11-21-20(17)24/h2-3,5-11,14,22H,4,12-13H2,1H3. The Labute approximate surface area is 157 Å². The first kappa shape index (κ1) is 17.6. The molecule has 0 unspecified atom stereocenters. The lowest BCUT2D eigenvalue weighted by Crippen LogP contribution is -2.26. The Morgan fingerprint density at radius 1 is 1.04 bits per heavy atom. The molecule has 0 aliphatic heterocycles. The summed E-state index contributed by atoms with van der Waals surface area (Å²) in [5.74, 6) is 0. The van der Waals surface area contributed by atoms with Crippen LogP contribution in [0, 0.1) is 6.92 Å². The Morgan fingerprint density at radius 3 is 2.78 bits per heavy atom. The molecule has 7 heteroatoms. The van der Waals surface area contributed by atoms with E-state index in [2.05, 4.69) is 14.7 Å². The number of sulfonamides is 1. The minimum Gasteiger partial charge on any atom is -0.332 e. The number of rotatable bonds is 6. The Bertz CT molecular complexity index is 1220. The molecule has 0 fully saturated rings. The molecule has 3 heterocycles. The number of hydrogen-bond donors (Lipinski definition) is 1. The molecular weight excluding hydrogens is 360 g/mol. The lowest BCUT2D eigenvalue weighted by Gasteiger charge is -2.10. The zero-order valence-electron chi connectivity index (χ0n) is 15.0. The van der Waals surface area contributed by atoms with Crippen molar-refractivity contribution < 1.29 is 8.42 Å². The number of fused-ring (bicyclic) bond motifs is 2. The van der Waals surface area contributed by atoms with Gasteiger partial charge in [0.05, 0.1) is 5.52 Å². The fraction of sp³-hybridized carbons (Fsp3) is 0.200. The average Bonchev–Trinajstić information content (AvgIpc) is 3.08. The summed E-state index contributed by atoms with van der Waals surface area (Å²) in [5.41, 5.74) is 2.21. The molecule has 0 saturated heterocycles. The highest BCUT2D eigenvalue weighted by molar-refractivity contribution is 7.89. The predicted octanol–water partition coefficient (Wildman–Crippen LogP) is 3.26. The van der Waals surface area contributed by atoms with E-state index in [9.17, 15) is 8.42 Å². The second kappa shape index (κ2) is 7.09. The van der Waals surface area contributed by atoms with Crippen LogP contribution in [0.5, 0.6) is 0 Å². The Hall–Kier alpha value is -2.77. The molecule has 4 rings (SSSR count). The first-order valence-corrected chi connectivity index (χ1v) is 10.3. The third-order valence-electron chi connectivity index (χ3n) is 4.50.